The van der Waals surface area contributed by atoms with E-state index in [0.717, 1.165) is 16.8 Å². The van der Waals surface area contributed by atoms with Crippen LogP contribution in [0.15, 0.2) is 23.2 Å². The minimum Gasteiger partial charge on any atom is -0.370 e. The molecule has 0 radical (unpaired) electrons. The van der Waals surface area contributed by atoms with Gasteiger partial charge in [-0.05, 0) is 43.7 Å². The Kier molecular flexibility index (Phi) is 4.04. The fraction of sp³-hybridized carbons (Fsp3) is 0.429. The van der Waals surface area contributed by atoms with Crippen LogP contribution in [0.3, 0.4) is 0 Å². The van der Waals surface area contributed by atoms with Crippen LogP contribution in [-0.2, 0) is 0 Å². The molecule has 1 saturated carbocycles. The van der Waals surface area contributed by atoms with Crippen molar-refractivity contribution in [3.05, 3.63) is 29.3 Å². The summed E-state index contributed by atoms with van der Waals surface area (Å²) in [5.74, 6) is 0.831. The molecule has 5 nitrogen and oxygen atoms in total. The number of nitrogens with zero attached hydrogens (tertiary/aromatic N) is 1. The lowest BCUT2D eigenvalue weighted by atomic mass is 10.1. The molecule has 4 N–H and O–H groups in total. The van der Waals surface area contributed by atoms with Crippen molar-refractivity contribution in [2.75, 3.05) is 11.9 Å². The summed E-state index contributed by atoms with van der Waals surface area (Å²) in [6.45, 7) is 4.61. The first kappa shape index (κ1) is 13.4. The summed E-state index contributed by atoms with van der Waals surface area (Å²) in [6, 6.07) is 5.51. The molecular formula is C14H20N4O. The van der Waals surface area contributed by atoms with Crippen LogP contribution < -0.4 is 16.4 Å². The van der Waals surface area contributed by atoms with E-state index < -0.39 is 0 Å². The molecule has 0 aromatic heterocycles. The standard InChI is InChI=1S/C14H20N4O/c1-9-4-3-5-10(2)12(9)17-14(19)18-13(15)16-8-11-6-7-11/h3-5,11H,6-8H2,1-2H3,(H4,15,16,17,18,19). The number of amides is 2. The molecule has 102 valence electrons. The Morgan fingerprint density at radius 3 is 2.58 bits per heavy atom. The smallest absolute Gasteiger partial charge is 0.326 e. The van der Waals surface area contributed by atoms with E-state index in [0.29, 0.717) is 12.5 Å². The number of guanidine groups is 1. The predicted molar refractivity (Wildman–Crippen MR) is 77.3 cm³/mol. The number of aryl methyl sites for hydroxylation is 2. The van der Waals surface area contributed by atoms with E-state index in [2.05, 4.69) is 15.6 Å². The van der Waals surface area contributed by atoms with Gasteiger partial charge in [-0.1, -0.05) is 18.2 Å². The van der Waals surface area contributed by atoms with Crippen LogP contribution in [0.4, 0.5) is 10.5 Å². The average Bonchev–Trinajstić information content (AvgIpc) is 3.15. The normalized spacial score (nSPS) is 15.2. The highest BCUT2D eigenvalue weighted by Crippen LogP contribution is 2.28. The van der Waals surface area contributed by atoms with Crippen molar-refractivity contribution in [2.24, 2.45) is 16.6 Å². The van der Waals surface area contributed by atoms with Gasteiger partial charge in [-0.3, -0.25) is 10.3 Å². The molecule has 2 rings (SSSR count). The fourth-order valence-electron chi connectivity index (χ4n) is 1.84. The molecule has 5 heteroatoms. The number of nitrogens with two attached hydrogens (primary N) is 1. The Hall–Kier alpha value is -2.04. The third-order valence-electron chi connectivity index (χ3n) is 3.18. The Morgan fingerprint density at radius 2 is 2.00 bits per heavy atom. The summed E-state index contributed by atoms with van der Waals surface area (Å²) in [7, 11) is 0. The third kappa shape index (κ3) is 3.98. The minimum atomic E-state index is -0.352. The lowest BCUT2D eigenvalue weighted by molar-refractivity contribution is 0.256. The highest BCUT2D eigenvalue weighted by molar-refractivity contribution is 6.02. The molecule has 0 bridgehead atoms. The van der Waals surface area contributed by atoms with Crippen LogP contribution in [0.1, 0.15) is 24.0 Å². The number of benzene rings is 1. The monoisotopic (exact) mass is 260 g/mol. The van der Waals surface area contributed by atoms with Crippen LogP contribution in [0.5, 0.6) is 0 Å². The van der Waals surface area contributed by atoms with Crippen molar-refractivity contribution >= 4 is 17.7 Å². The van der Waals surface area contributed by atoms with E-state index in [4.69, 9.17) is 5.73 Å². The second-order valence-electron chi connectivity index (χ2n) is 5.02. The van der Waals surface area contributed by atoms with Gasteiger partial charge in [0.05, 0.1) is 0 Å². The number of urea groups is 1. The molecule has 0 aliphatic heterocycles. The first-order valence-corrected chi connectivity index (χ1v) is 6.50. The first-order valence-electron chi connectivity index (χ1n) is 6.50. The molecule has 1 fully saturated rings. The molecule has 0 unspecified atom stereocenters. The molecular weight excluding hydrogens is 240 g/mol. The van der Waals surface area contributed by atoms with Crippen molar-refractivity contribution in [1.82, 2.24) is 5.32 Å². The van der Waals surface area contributed by atoms with Gasteiger partial charge in [0.1, 0.15) is 0 Å². The van der Waals surface area contributed by atoms with E-state index in [-0.39, 0.29) is 12.0 Å². The van der Waals surface area contributed by atoms with Gasteiger partial charge in [-0.15, -0.1) is 0 Å². The van der Waals surface area contributed by atoms with Crippen LogP contribution in [0, 0.1) is 19.8 Å². The molecule has 1 aromatic carbocycles. The molecule has 2 amide bonds. The molecule has 0 saturated heterocycles. The SMILES string of the molecule is Cc1cccc(C)c1NC(=O)NC(N)=NCC1CC1. The molecule has 0 atom stereocenters. The van der Waals surface area contributed by atoms with E-state index in [9.17, 15) is 4.79 Å². The minimum absolute atomic E-state index is 0.177. The quantitative estimate of drug-likeness (QED) is 0.575. The van der Waals surface area contributed by atoms with E-state index >= 15 is 0 Å². The van der Waals surface area contributed by atoms with Gasteiger partial charge in [-0.25, -0.2) is 4.79 Å². The number of hydrogen-bond acceptors (Lipinski definition) is 2. The Balaban J connectivity index is 1.91. The highest BCUT2D eigenvalue weighted by Gasteiger charge is 2.20. The number of carbonyl (C=O) groups is 1. The number of hydrogen-bond donors (Lipinski definition) is 3. The van der Waals surface area contributed by atoms with Gasteiger partial charge in [0.2, 0.25) is 0 Å². The Morgan fingerprint density at radius 1 is 1.37 bits per heavy atom. The number of rotatable bonds is 3. The molecule has 1 aliphatic carbocycles. The first-order chi connectivity index (χ1) is 9.06. The zero-order chi connectivity index (χ0) is 13.8. The summed E-state index contributed by atoms with van der Waals surface area (Å²) in [4.78, 5) is 15.9. The van der Waals surface area contributed by atoms with Gasteiger partial charge in [0, 0.05) is 12.2 Å². The Labute approximate surface area is 113 Å². The summed E-state index contributed by atoms with van der Waals surface area (Å²) in [5.41, 5.74) is 8.51. The fourth-order valence-corrected chi connectivity index (χ4v) is 1.84. The lowest BCUT2D eigenvalue weighted by Gasteiger charge is -2.12. The molecule has 0 spiro atoms. The van der Waals surface area contributed by atoms with Crippen LogP contribution in [0.25, 0.3) is 0 Å². The third-order valence-corrected chi connectivity index (χ3v) is 3.18. The van der Waals surface area contributed by atoms with Crippen molar-refractivity contribution in [3.8, 4) is 0 Å². The molecule has 0 heterocycles. The number of nitrogens with one attached hydrogen (secondary N) is 2. The van der Waals surface area contributed by atoms with Gasteiger partial charge in [0.25, 0.3) is 0 Å². The second-order valence-corrected chi connectivity index (χ2v) is 5.02. The van der Waals surface area contributed by atoms with Gasteiger partial charge in [-0.2, -0.15) is 0 Å². The summed E-state index contributed by atoms with van der Waals surface area (Å²) >= 11 is 0. The molecule has 1 aliphatic rings. The van der Waals surface area contributed by atoms with E-state index in [1.807, 2.05) is 32.0 Å². The zero-order valence-corrected chi connectivity index (χ0v) is 11.4. The highest BCUT2D eigenvalue weighted by atomic mass is 16.2. The topological polar surface area (TPSA) is 79.5 Å². The predicted octanol–water partition coefficient (Wildman–Crippen LogP) is 2.15. The Bertz CT molecular complexity index is 486. The summed E-state index contributed by atoms with van der Waals surface area (Å²) in [5, 5.41) is 5.35. The number of para-hydroxylation sites is 1. The van der Waals surface area contributed by atoms with Gasteiger partial charge >= 0.3 is 6.03 Å². The summed E-state index contributed by atoms with van der Waals surface area (Å²) < 4.78 is 0. The van der Waals surface area contributed by atoms with Crippen molar-refractivity contribution in [2.45, 2.75) is 26.7 Å². The van der Waals surface area contributed by atoms with E-state index in [1.165, 1.54) is 12.8 Å². The molecule has 1 aromatic rings. The summed E-state index contributed by atoms with van der Waals surface area (Å²) in [6.07, 6.45) is 2.43. The van der Waals surface area contributed by atoms with Crippen molar-refractivity contribution in [1.29, 1.82) is 0 Å². The van der Waals surface area contributed by atoms with Crippen LogP contribution in [-0.4, -0.2) is 18.5 Å². The maximum Gasteiger partial charge on any atom is 0.326 e. The number of anilines is 1. The van der Waals surface area contributed by atoms with Crippen LogP contribution >= 0.6 is 0 Å². The zero-order valence-electron chi connectivity index (χ0n) is 11.4. The maximum absolute atomic E-state index is 11.8. The van der Waals surface area contributed by atoms with E-state index in [1.54, 1.807) is 0 Å². The van der Waals surface area contributed by atoms with Crippen LogP contribution in [0.2, 0.25) is 0 Å². The number of carbonyl (C=O) groups excluding carboxylic acids is 1. The molecule has 19 heavy (non-hydrogen) atoms. The second kappa shape index (κ2) is 5.73. The lowest BCUT2D eigenvalue weighted by Crippen LogP contribution is -2.40. The van der Waals surface area contributed by atoms with Crippen molar-refractivity contribution in [3.63, 3.8) is 0 Å². The van der Waals surface area contributed by atoms with Gasteiger partial charge in [0.15, 0.2) is 5.96 Å². The maximum atomic E-state index is 11.8. The largest absolute Gasteiger partial charge is 0.370 e. The van der Waals surface area contributed by atoms with Gasteiger partial charge < -0.3 is 11.1 Å². The number of aliphatic imine (C=N–C) groups is 1. The average molecular weight is 260 g/mol. The van der Waals surface area contributed by atoms with Crippen molar-refractivity contribution < 1.29 is 4.79 Å².